The molecule has 0 aliphatic carbocycles. The fourth-order valence-corrected chi connectivity index (χ4v) is 8.04. The smallest absolute Gasteiger partial charge is 0.243 e. The highest BCUT2D eigenvalue weighted by Crippen LogP contribution is 2.32. The van der Waals surface area contributed by atoms with Crippen molar-refractivity contribution in [1.29, 1.82) is 0 Å². The van der Waals surface area contributed by atoms with E-state index in [0.29, 0.717) is 23.9 Å². The van der Waals surface area contributed by atoms with Crippen LogP contribution < -0.4 is 9.80 Å². The van der Waals surface area contributed by atoms with Gasteiger partial charge < -0.3 is 9.80 Å². The molecule has 2 fully saturated rings. The molecule has 0 spiro atoms. The summed E-state index contributed by atoms with van der Waals surface area (Å²) < 4.78 is 29.3. The van der Waals surface area contributed by atoms with Crippen LogP contribution in [-0.2, 0) is 10.0 Å². The minimum Gasteiger partial charge on any atom is -0.356 e. The van der Waals surface area contributed by atoms with Crippen LogP contribution >= 0.6 is 0 Å². The lowest BCUT2D eigenvalue weighted by Crippen LogP contribution is -2.50. The highest BCUT2D eigenvalue weighted by molar-refractivity contribution is 7.89. The van der Waals surface area contributed by atoms with Crippen molar-refractivity contribution in [3.05, 3.63) is 54.9 Å². The Bertz CT molecular complexity index is 1380. The van der Waals surface area contributed by atoms with Gasteiger partial charge in [-0.15, -0.1) is 0 Å². The zero-order chi connectivity index (χ0) is 29.0. The van der Waals surface area contributed by atoms with Crippen LogP contribution in [0.1, 0.15) is 40.5 Å². The van der Waals surface area contributed by atoms with Crippen LogP contribution in [0.4, 0.5) is 11.6 Å². The SMILES string of the molecule is CC(C)CN(CC(C)C)S(=O)(=O)c1ccc2ccnc(N3CCCC(CN4CCN(c5ccccn5)CC4)C3)c2c1. The van der Waals surface area contributed by atoms with Crippen molar-refractivity contribution in [2.75, 3.05) is 68.7 Å². The van der Waals surface area contributed by atoms with Gasteiger partial charge in [-0.3, -0.25) is 4.90 Å². The van der Waals surface area contributed by atoms with E-state index in [4.69, 9.17) is 4.98 Å². The molecule has 3 aromatic rings. The summed E-state index contributed by atoms with van der Waals surface area (Å²) in [6, 6.07) is 13.7. The third kappa shape index (κ3) is 7.19. The lowest BCUT2D eigenvalue weighted by molar-refractivity contribution is 0.205. The van der Waals surface area contributed by atoms with Crippen LogP contribution in [0.25, 0.3) is 10.8 Å². The molecule has 0 amide bonds. The van der Waals surface area contributed by atoms with Crippen molar-refractivity contribution < 1.29 is 8.42 Å². The third-order valence-electron chi connectivity index (χ3n) is 8.17. The molecule has 0 radical (unpaired) electrons. The minimum atomic E-state index is -3.61. The Kier molecular flexibility index (Phi) is 9.46. The molecular weight excluding hydrogens is 532 g/mol. The minimum absolute atomic E-state index is 0.254. The lowest BCUT2D eigenvalue weighted by atomic mass is 9.96. The lowest BCUT2D eigenvalue weighted by Gasteiger charge is -2.40. The van der Waals surface area contributed by atoms with Crippen molar-refractivity contribution in [2.24, 2.45) is 17.8 Å². The third-order valence-corrected chi connectivity index (χ3v) is 10.0. The van der Waals surface area contributed by atoms with Crippen molar-refractivity contribution in [1.82, 2.24) is 19.2 Å². The summed E-state index contributed by atoms with van der Waals surface area (Å²) >= 11 is 0. The number of piperidine rings is 1. The van der Waals surface area contributed by atoms with Gasteiger partial charge in [-0.25, -0.2) is 18.4 Å². The molecule has 1 unspecified atom stereocenters. The number of fused-ring (bicyclic) bond motifs is 1. The Morgan fingerprint density at radius 2 is 1.63 bits per heavy atom. The highest BCUT2D eigenvalue weighted by Gasteiger charge is 2.29. The van der Waals surface area contributed by atoms with Crippen LogP contribution in [0.3, 0.4) is 0 Å². The van der Waals surface area contributed by atoms with Gasteiger partial charge in [0.15, 0.2) is 0 Å². The van der Waals surface area contributed by atoms with Crippen LogP contribution in [0, 0.1) is 17.8 Å². The standard InChI is InChI=1S/C32H46N6O2S/c1-25(2)21-38(22-26(3)4)41(39,40)29-11-10-28-12-14-34-32(30(28)20-29)37-15-7-8-27(24-37)23-35-16-18-36(19-17-35)31-9-5-6-13-33-31/h5-6,9-14,20,25-27H,7-8,15-19,21-24H2,1-4H3. The van der Waals surface area contributed by atoms with Gasteiger partial charge in [0, 0.05) is 76.7 Å². The van der Waals surface area contributed by atoms with Gasteiger partial charge >= 0.3 is 0 Å². The fraction of sp³-hybridized carbons (Fsp3) is 0.562. The van der Waals surface area contributed by atoms with Crippen LogP contribution in [0.2, 0.25) is 0 Å². The summed E-state index contributed by atoms with van der Waals surface area (Å²) in [6.07, 6.45) is 6.05. The number of aromatic nitrogens is 2. The summed E-state index contributed by atoms with van der Waals surface area (Å²) in [6.45, 7) is 16.4. The molecule has 0 saturated carbocycles. The number of hydrogen-bond donors (Lipinski definition) is 0. The molecule has 9 heteroatoms. The summed E-state index contributed by atoms with van der Waals surface area (Å²) in [5.41, 5.74) is 0. The Labute approximate surface area is 246 Å². The summed E-state index contributed by atoms with van der Waals surface area (Å²) in [5.74, 6) is 3.04. The average Bonchev–Trinajstić information content (AvgIpc) is 2.97. The van der Waals surface area contributed by atoms with E-state index in [1.807, 2.05) is 36.7 Å². The Hall–Kier alpha value is -2.75. The van der Waals surface area contributed by atoms with Gasteiger partial charge in [0.25, 0.3) is 0 Å². The molecule has 8 nitrogen and oxygen atoms in total. The molecule has 0 bridgehead atoms. The first-order valence-corrected chi connectivity index (χ1v) is 16.7. The van der Waals surface area contributed by atoms with Crippen LogP contribution in [0.15, 0.2) is 59.8 Å². The van der Waals surface area contributed by atoms with E-state index in [1.54, 1.807) is 10.4 Å². The number of piperazine rings is 1. The van der Waals surface area contributed by atoms with E-state index in [9.17, 15) is 8.42 Å². The summed E-state index contributed by atoms with van der Waals surface area (Å²) in [5, 5.41) is 1.95. The topological polar surface area (TPSA) is 72.9 Å². The quantitative estimate of drug-likeness (QED) is 0.336. The number of sulfonamides is 1. The second-order valence-electron chi connectivity index (χ2n) is 12.6. The largest absolute Gasteiger partial charge is 0.356 e. The predicted octanol–water partition coefficient (Wildman–Crippen LogP) is 4.97. The second kappa shape index (κ2) is 13.0. The van der Waals surface area contributed by atoms with Crippen molar-refractivity contribution in [2.45, 2.75) is 45.4 Å². The zero-order valence-electron chi connectivity index (χ0n) is 25.1. The molecule has 4 heterocycles. The van der Waals surface area contributed by atoms with E-state index in [0.717, 1.165) is 74.6 Å². The number of pyridine rings is 2. The van der Waals surface area contributed by atoms with E-state index < -0.39 is 10.0 Å². The van der Waals surface area contributed by atoms with E-state index >= 15 is 0 Å². The van der Waals surface area contributed by atoms with Gasteiger partial charge in [0.1, 0.15) is 11.6 Å². The number of rotatable bonds is 10. The maximum Gasteiger partial charge on any atom is 0.243 e. The molecule has 2 saturated heterocycles. The van der Waals surface area contributed by atoms with E-state index in [-0.39, 0.29) is 11.8 Å². The fourth-order valence-electron chi connectivity index (χ4n) is 6.25. The number of nitrogens with zero attached hydrogens (tertiary/aromatic N) is 6. The Morgan fingerprint density at radius 1 is 0.878 bits per heavy atom. The van der Waals surface area contributed by atoms with Crippen LogP contribution in [-0.4, -0.2) is 86.5 Å². The van der Waals surface area contributed by atoms with E-state index in [1.165, 1.54) is 6.42 Å². The molecule has 41 heavy (non-hydrogen) atoms. The molecule has 1 atom stereocenters. The number of benzene rings is 1. The first-order chi connectivity index (χ1) is 19.7. The normalized spacial score (nSPS) is 19.1. The highest BCUT2D eigenvalue weighted by atomic mass is 32.2. The van der Waals surface area contributed by atoms with Gasteiger partial charge in [0.05, 0.1) is 4.90 Å². The van der Waals surface area contributed by atoms with Gasteiger partial charge in [-0.1, -0.05) is 39.8 Å². The first kappa shape index (κ1) is 29.7. The van der Waals surface area contributed by atoms with Crippen molar-refractivity contribution in [3.8, 4) is 0 Å². The molecule has 2 aromatic heterocycles. The maximum atomic E-state index is 13.8. The molecule has 222 valence electrons. The van der Waals surface area contributed by atoms with Crippen molar-refractivity contribution >= 4 is 32.4 Å². The first-order valence-electron chi connectivity index (χ1n) is 15.2. The second-order valence-corrected chi connectivity index (χ2v) is 14.5. The van der Waals surface area contributed by atoms with Gasteiger partial charge in [-0.2, -0.15) is 4.31 Å². The maximum absolute atomic E-state index is 13.8. The van der Waals surface area contributed by atoms with Crippen LogP contribution in [0.5, 0.6) is 0 Å². The monoisotopic (exact) mass is 578 g/mol. The summed E-state index contributed by atoms with van der Waals surface area (Å²) in [4.78, 5) is 17.0. The van der Waals surface area contributed by atoms with Crippen molar-refractivity contribution in [3.63, 3.8) is 0 Å². The van der Waals surface area contributed by atoms with Gasteiger partial charge in [-0.05, 0) is 66.3 Å². The molecular formula is C32H46N6O2S. The molecule has 5 rings (SSSR count). The van der Waals surface area contributed by atoms with Gasteiger partial charge in [0.2, 0.25) is 10.0 Å². The predicted molar refractivity (Wildman–Crippen MR) is 168 cm³/mol. The molecule has 2 aliphatic rings. The number of anilines is 2. The Balaban J connectivity index is 1.31. The number of hydrogen-bond acceptors (Lipinski definition) is 7. The molecule has 0 N–H and O–H groups in total. The molecule has 2 aliphatic heterocycles. The van der Waals surface area contributed by atoms with E-state index in [2.05, 4.69) is 59.5 Å². The zero-order valence-corrected chi connectivity index (χ0v) is 25.9. The molecule has 1 aromatic carbocycles. The summed E-state index contributed by atoms with van der Waals surface area (Å²) in [7, 11) is -3.61. The average molecular weight is 579 g/mol. The Morgan fingerprint density at radius 3 is 2.32 bits per heavy atom.